The molecule has 0 radical (unpaired) electrons. The fraction of sp³-hybridized carbons (Fsp3) is 0.227. The highest BCUT2D eigenvalue weighted by atomic mass is 32.2. The van der Waals surface area contributed by atoms with Crippen molar-refractivity contribution in [2.75, 3.05) is 11.6 Å². The Kier molecular flexibility index (Phi) is 6.65. The lowest BCUT2D eigenvalue weighted by molar-refractivity contribution is -0.142. The Morgan fingerprint density at radius 1 is 1.09 bits per heavy atom. The van der Waals surface area contributed by atoms with Crippen LogP contribution in [0.15, 0.2) is 41.3 Å². The Hall–Kier alpha value is -3.54. The first-order valence-corrected chi connectivity index (χ1v) is 11.7. The third-order valence-electron chi connectivity index (χ3n) is 4.88. The van der Waals surface area contributed by atoms with Gasteiger partial charge in [0.25, 0.3) is 11.8 Å². The van der Waals surface area contributed by atoms with Crippen molar-refractivity contribution in [1.29, 1.82) is 4.78 Å². The predicted octanol–water partition coefficient (Wildman–Crippen LogP) is 5.64. The van der Waals surface area contributed by atoms with Gasteiger partial charge in [-0.05, 0) is 67.8 Å². The SMILES string of the molecule is Cc1cc(Oc2nnc(C(F)(F)F)c(C)c2C(=O)Nc2cccc(S(C)(=N)=O)c2)c(C)cc1F. The zero-order chi connectivity index (χ0) is 25.4. The molecule has 34 heavy (non-hydrogen) atoms. The van der Waals surface area contributed by atoms with Crippen LogP contribution in [0.5, 0.6) is 11.6 Å². The second-order valence-electron chi connectivity index (χ2n) is 7.65. The van der Waals surface area contributed by atoms with Crippen molar-refractivity contribution >= 4 is 21.3 Å². The molecule has 0 spiro atoms. The van der Waals surface area contributed by atoms with Gasteiger partial charge in [0.2, 0.25) is 0 Å². The molecule has 0 aliphatic carbocycles. The molecule has 0 aliphatic heterocycles. The van der Waals surface area contributed by atoms with Gasteiger partial charge in [0.1, 0.15) is 17.1 Å². The molecule has 0 saturated heterocycles. The second kappa shape index (κ2) is 9.01. The van der Waals surface area contributed by atoms with E-state index in [0.29, 0.717) is 5.56 Å². The average molecular weight is 496 g/mol. The number of rotatable bonds is 5. The fourth-order valence-corrected chi connectivity index (χ4v) is 3.78. The van der Waals surface area contributed by atoms with Gasteiger partial charge in [-0.3, -0.25) is 4.79 Å². The van der Waals surface area contributed by atoms with Crippen molar-refractivity contribution in [1.82, 2.24) is 10.2 Å². The summed E-state index contributed by atoms with van der Waals surface area (Å²) in [6.45, 7) is 4.06. The molecule has 1 aromatic heterocycles. The summed E-state index contributed by atoms with van der Waals surface area (Å²) >= 11 is 0. The molecule has 7 nitrogen and oxygen atoms in total. The number of nitrogens with one attached hydrogen (secondary N) is 2. The van der Waals surface area contributed by atoms with Crippen LogP contribution in [0.3, 0.4) is 0 Å². The maximum atomic E-state index is 13.8. The third-order valence-corrected chi connectivity index (χ3v) is 6.04. The highest BCUT2D eigenvalue weighted by Crippen LogP contribution is 2.36. The molecule has 2 aromatic carbocycles. The summed E-state index contributed by atoms with van der Waals surface area (Å²) in [5.74, 6) is -1.91. The summed E-state index contributed by atoms with van der Waals surface area (Å²) in [6.07, 6.45) is -3.69. The molecule has 0 aliphatic rings. The van der Waals surface area contributed by atoms with Crippen molar-refractivity contribution in [3.05, 3.63) is 70.2 Å². The van der Waals surface area contributed by atoms with Crippen LogP contribution in [-0.2, 0) is 15.9 Å². The van der Waals surface area contributed by atoms with E-state index in [9.17, 15) is 26.6 Å². The quantitative estimate of drug-likeness (QED) is 0.445. The Bertz CT molecular complexity index is 1390. The van der Waals surface area contributed by atoms with Crippen molar-refractivity contribution in [3.63, 3.8) is 0 Å². The molecule has 0 fully saturated rings. The second-order valence-corrected chi connectivity index (χ2v) is 9.80. The van der Waals surface area contributed by atoms with E-state index in [1.54, 1.807) is 0 Å². The highest BCUT2D eigenvalue weighted by Gasteiger charge is 2.38. The van der Waals surface area contributed by atoms with Gasteiger partial charge in [0.05, 0.1) is 9.73 Å². The summed E-state index contributed by atoms with van der Waals surface area (Å²) in [5.41, 5.74) is -1.77. The van der Waals surface area contributed by atoms with Gasteiger partial charge < -0.3 is 10.1 Å². The summed E-state index contributed by atoms with van der Waals surface area (Å²) in [6, 6.07) is 8.11. The number of carbonyl (C=O) groups is 1. The molecule has 1 unspecified atom stereocenters. The number of aromatic nitrogens is 2. The number of nitrogens with zero attached hydrogens (tertiary/aromatic N) is 2. The van der Waals surface area contributed by atoms with E-state index >= 15 is 0 Å². The van der Waals surface area contributed by atoms with Gasteiger partial charge in [0.15, 0.2) is 5.69 Å². The molecule has 1 heterocycles. The van der Waals surface area contributed by atoms with E-state index in [1.165, 1.54) is 56.5 Å². The number of hydrogen-bond acceptors (Lipinski definition) is 6. The van der Waals surface area contributed by atoms with Gasteiger partial charge in [0, 0.05) is 16.8 Å². The van der Waals surface area contributed by atoms with Crippen LogP contribution in [0.25, 0.3) is 0 Å². The molecule has 0 saturated carbocycles. The highest BCUT2D eigenvalue weighted by molar-refractivity contribution is 7.91. The largest absolute Gasteiger partial charge is 0.437 e. The van der Waals surface area contributed by atoms with Crippen LogP contribution in [-0.4, -0.2) is 26.6 Å². The Balaban J connectivity index is 2.10. The van der Waals surface area contributed by atoms with E-state index in [0.717, 1.165) is 6.92 Å². The number of alkyl halides is 3. The predicted molar refractivity (Wildman–Crippen MR) is 117 cm³/mol. The van der Waals surface area contributed by atoms with Crippen molar-refractivity contribution in [3.8, 4) is 11.6 Å². The number of benzene rings is 2. The molecule has 0 bridgehead atoms. The number of carbonyl (C=O) groups excluding carboxylic acids is 1. The lowest BCUT2D eigenvalue weighted by Gasteiger charge is -2.17. The van der Waals surface area contributed by atoms with Gasteiger partial charge >= 0.3 is 6.18 Å². The van der Waals surface area contributed by atoms with Crippen molar-refractivity contribution in [2.24, 2.45) is 0 Å². The normalized spacial score (nSPS) is 13.3. The summed E-state index contributed by atoms with van der Waals surface area (Å²) < 4.78 is 79.5. The zero-order valence-electron chi connectivity index (χ0n) is 18.5. The van der Waals surface area contributed by atoms with Gasteiger partial charge in [-0.1, -0.05) is 6.07 Å². The first kappa shape index (κ1) is 25.1. The van der Waals surface area contributed by atoms with E-state index in [2.05, 4.69) is 15.5 Å². The summed E-state index contributed by atoms with van der Waals surface area (Å²) in [5, 5.41) is 9.11. The third kappa shape index (κ3) is 5.33. The Morgan fingerprint density at radius 2 is 1.76 bits per heavy atom. The maximum absolute atomic E-state index is 13.8. The van der Waals surface area contributed by atoms with Crippen LogP contribution in [0.4, 0.5) is 23.2 Å². The van der Waals surface area contributed by atoms with Crippen LogP contribution in [0, 0.1) is 31.4 Å². The molecule has 1 atom stereocenters. The molecular weight excluding hydrogens is 476 g/mol. The lowest BCUT2D eigenvalue weighted by Crippen LogP contribution is -2.21. The van der Waals surface area contributed by atoms with E-state index in [1.807, 2.05) is 0 Å². The number of halogens is 4. The number of aryl methyl sites for hydroxylation is 2. The van der Waals surface area contributed by atoms with Gasteiger partial charge in [-0.2, -0.15) is 13.2 Å². The molecule has 180 valence electrons. The van der Waals surface area contributed by atoms with Crippen LogP contribution in [0.2, 0.25) is 0 Å². The van der Waals surface area contributed by atoms with E-state index in [-0.39, 0.29) is 21.9 Å². The molecule has 2 N–H and O–H groups in total. The van der Waals surface area contributed by atoms with Crippen LogP contribution < -0.4 is 10.1 Å². The topological polar surface area (TPSA) is 105 Å². The monoisotopic (exact) mass is 496 g/mol. The molecule has 1 amide bonds. The molecular formula is C22H20F4N4O3S. The minimum Gasteiger partial charge on any atom is -0.437 e. The molecule has 3 aromatic rings. The molecule has 12 heteroatoms. The first-order chi connectivity index (χ1) is 15.7. The minimum absolute atomic E-state index is 0.0864. The van der Waals surface area contributed by atoms with Gasteiger partial charge in [-0.25, -0.2) is 13.4 Å². The van der Waals surface area contributed by atoms with Crippen molar-refractivity contribution in [2.45, 2.75) is 31.8 Å². The number of ether oxygens (including phenoxy) is 1. The minimum atomic E-state index is -4.88. The van der Waals surface area contributed by atoms with Crippen molar-refractivity contribution < 1.29 is 31.3 Å². The maximum Gasteiger partial charge on any atom is 0.435 e. The van der Waals surface area contributed by atoms with Crippen LogP contribution in [0.1, 0.15) is 32.7 Å². The number of amides is 1. The lowest BCUT2D eigenvalue weighted by atomic mass is 10.1. The first-order valence-electron chi connectivity index (χ1n) is 9.72. The van der Waals surface area contributed by atoms with Gasteiger partial charge in [-0.15, -0.1) is 10.2 Å². The Labute approximate surface area is 193 Å². The molecule has 3 rings (SSSR count). The number of anilines is 1. The Morgan fingerprint density at radius 3 is 2.38 bits per heavy atom. The number of hydrogen-bond donors (Lipinski definition) is 2. The average Bonchev–Trinajstić information content (AvgIpc) is 2.70. The fourth-order valence-electron chi connectivity index (χ4n) is 3.09. The standard InChI is InChI=1S/C22H20F4N4O3S/c1-11-9-17(12(2)8-16(11)23)33-21-18(13(3)19(29-30-21)22(24,25)26)20(31)28-14-6-5-7-15(10-14)34(4,27)32/h5-10,27H,1-4H3,(H,28,31). The van der Waals surface area contributed by atoms with Crippen LogP contribution >= 0.6 is 0 Å². The summed E-state index contributed by atoms with van der Waals surface area (Å²) in [4.78, 5) is 13.2. The van der Waals surface area contributed by atoms with E-state index < -0.39 is 50.3 Å². The van der Waals surface area contributed by atoms with E-state index in [4.69, 9.17) is 9.52 Å². The zero-order valence-corrected chi connectivity index (χ0v) is 19.3. The smallest absolute Gasteiger partial charge is 0.435 e. The summed E-state index contributed by atoms with van der Waals surface area (Å²) in [7, 11) is -3.10.